The molecular weight excluding hydrogens is 303 g/mol. The van der Waals surface area contributed by atoms with Crippen molar-refractivity contribution in [3.05, 3.63) is 53.3 Å². The first-order chi connectivity index (χ1) is 10.0. The molecule has 0 bridgehead atoms. The molecule has 0 unspecified atom stereocenters. The second-order valence-electron chi connectivity index (χ2n) is 4.98. The van der Waals surface area contributed by atoms with Gasteiger partial charge in [0.05, 0.1) is 10.2 Å². The highest BCUT2D eigenvalue weighted by molar-refractivity contribution is 8.01. The van der Waals surface area contributed by atoms with Crippen molar-refractivity contribution in [3.8, 4) is 0 Å². The largest absolute Gasteiger partial charge is 0.324 e. The third-order valence-electron chi connectivity index (χ3n) is 3.25. The van der Waals surface area contributed by atoms with Gasteiger partial charge in [-0.25, -0.2) is 9.37 Å². The third kappa shape index (κ3) is 2.95. The second kappa shape index (κ2) is 5.75. The van der Waals surface area contributed by atoms with Crippen molar-refractivity contribution >= 4 is 33.3 Å². The van der Waals surface area contributed by atoms with Crippen molar-refractivity contribution in [3.63, 3.8) is 0 Å². The van der Waals surface area contributed by atoms with Crippen molar-refractivity contribution < 1.29 is 4.39 Å². The lowest BCUT2D eigenvalue weighted by Gasteiger charge is -2.13. The van der Waals surface area contributed by atoms with E-state index in [0.717, 1.165) is 25.0 Å². The lowest BCUT2D eigenvalue weighted by Crippen LogP contribution is -2.07. The summed E-state index contributed by atoms with van der Waals surface area (Å²) in [5, 5.41) is 0. The van der Waals surface area contributed by atoms with Gasteiger partial charge < -0.3 is 5.73 Å². The van der Waals surface area contributed by atoms with Crippen LogP contribution in [0.2, 0.25) is 0 Å². The van der Waals surface area contributed by atoms with Crippen molar-refractivity contribution in [1.82, 2.24) is 4.98 Å². The lowest BCUT2D eigenvalue weighted by atomic mass is 10.1. The Hall–Kier alpha value is -1.43. The summed E-state index contributed by atoms with van der Waals surface area (Å²) in [7, 11) is 0. The summed E-state index contributed by atoms with van der Waals surface area (Å²) in [5.41, 5.74) is 8.41. The summed E-state index contributed by atoms with van der Waals surface area (Å²) in [4.78, 5) is 5.58. The van der Waals surface area contributed by atoms with Gasteiger partial charge in [0.15, 0.2) is 4.34 Å². The van der Waals surface area contributed by atoms with E-state index in [2.05, 4.69) is 11.1 Å². The van der Waals surface area contributed by atoms with Crippen LogP contribution in [0.1, 0.15) is 24.1 Å². The predicted octanol–water partition coefficient (Wildman–Crippen LogP) is 4.91. The van der Waals surface area contributed by atoms with E-state index in [1.807, 2.05) is 31.2 Å². The van der Waals surface area contributed by atoms with Crippen LogP contribution in [-0.2, 0) is 0 Å². The molecule has 3 aromatic rings. The molecule has 3 rings (SSSR count). The number of fused-ring (bicyclic) bond motifs is 1. The number of nitrogens with two attached hydrogens (primary N) is 1. The minimum Gasteiger partial charge on any atom is -0.324 e. The fraction of sp³-hybridized carbons (Fsp3) is 0.188. The average Bonchev–Trinajstić information content (AvgIpc) is 2.84. The van der Waals surface area contributed by atoms with E-state index in [0.29, 0.717) is 5.56 Å². The van der Waals surface area contributed by atoms with Gasteiger partial charge in [0.2, 0.25) is 0 Å². The first-order valence-corrected chi connectivity index (χ1v) is 8.27. The second-order valence-corrected chi connectivity index (χ2v) is 7.30. The van der Waals surface area contributed by atoms with E-state index in [9.17, 15) is 4.39 Å². The molecule has 0 saturated carbocycles. The van der Waals surface area contributed by atoms with Gasteiger partial charge in [-0.1, -0.05) is 23.9 Å². The van der Waals surface area contributed by atoms with E-state index in [1.165, 1.54) is 6.07 Å². The molecular formula is C16H15FN2S2. The molecule has 1 atom stereocenters. The molecule has 2 aromatic carbocycles. The Morgan fingerprint density at radius 2 is 2.05 bits per heavy atom. The molecule has 0 amide bonds. The lowest BCUT2D eigenvalue weighted by molar-refractivity contribution is 0.610. The van der Waals surface area contributed by atoms with Gasteiger partial charge >= 0.3 is 0 Å². The number of para-hydroxylation sites is 1. The molecule has 0 fully saturated rings. The molecule has 108 valence electrons. The molecule has 1 aromatic heterocycles. The fourth-order valence-electron chi connectivity index (χ4n) is 2.10. The van der Waals surface area contributed by atoms with Gasteiger partial charge in [-0.15, -0.1) is 11.3 Å². The Labute approximate surface area is 131 Å². The Morgan fingerprint density at radius 3 is 2.76 bits per heavy atom. The van der Waals surface area contributed by atoms with Gasteiger partial charge in [0.1, 0.15) is 5.82 Å². The van der Waals surface area contributed by atoms with Crippen LogP contribution in [0.15, 0.2) is 45.6 Å². The third-order valence-corrected chi connectivity index (χ3v) is 5.42. The van der Waals surface area contributed by atoms with Gasteiger partial charge in [-0.05, 0) is 49.2 Å². The number of aromatic nitrogens is 1. The first kappa shape index (κ1) is 14.5. The van der Waals surface area contributed by atoms with Crippen LogP contribution in [0.4, 0.5) is 4.39 Å². The number of nitrogens with zero attached hydrogens (tertiary/aromatic N) is 1. The summed E-state index contributed by atoms with van der Waals surface area (Å²) in [6.07, 6.45) is 0. The molecule has 0 spiro atoms. The number of rotatable bonds is 3. The SMILES string of the molecule is Cc1cc(Sc2nc3ccccc3s2)c([C@H](C)N)cc1F. The van der Waals surface area contributed by atoms with E-state index in [-0.39, 0.29) is 11.9 Å². The highest BCUT2D eigenvalue weighted by Crippen LogP contribution is 2.38. The zero-order chi connectivity index (χ0) is 15.0. The van der Waals surface area contributed by atoms with E-state index in [4.69, 9.17) is 5.73 Å². The van der Waals surface area contributed by atoms with Crippen molar-refractivity contribution in [2.45, 2.75) is 29.1 Å². The predicted molar refractivity (Wildman–Crippen MR) is 87.5 cm³/mol. The van der Waals surface area contributed by atoms with Gasteiger partial charge in [-0.3, -0.25) is 0 Å². The Bertz CT molecular complexity index is 763. The van der Waals surface area contributed by atoms with Crippen molar-refractivity contribution in [2.75, 3.05) is 0 Å². The normalized spacial score (nSPS) is 12.8. The molecule has 0 radical (unpaired) electrons. The topological polar surface area (TPSA) is 38.9 Å². The summed E-state index contributed by atoms with van der Waals surface area (Å²) in [6.45, 7) is 3.63. The molecule has 5 heteroatoms. The number of hydrogen-bond acceptors (Lipinski definition) is 4. The molecule has 0 aliphatic heterocycles. The molecule has 0 saturated heterocycles. The minimum absolute atomic E-state index is 0.211. The fourth-order valence-corrected chi connectivity index (χ4v) is 4.44. The number of thiazole rings is 1. The maximum atomic E-state index is 13.7. The average molecular weight is 318 g/mol. The summed E-state index contributed by atoms with van der Waals surface area (Å²) >= 11 is 3.19. The summed E-state index contributed by atoms with van der Waals surface area (Å²) in [5.74, 6) is -0.212. The van der Waals surface area contributed by atoms with E-state index < -0.39 is 0 Å². The standard InChI is InChI=1S/C16H15FN2S2/c1-9-7-15(11(10(2)18)8-12(9)17)21-16-19-13-5-3-4-6-14(13)20-16/h3-8,10H,18H2,1-2H3/t10-/m0/s1. The van der Waals surface area contributed by atoms with E-state index >= 15 is 0 Å². The van der Waals surface area contributed by atoms with Crippen LogP contribution in [0.25, 0.3) is 10.2 Å². The van der Waals surface area contributed by atoms with Crippen LogP contribution < -0.4 is 5.73 Å². The zero-order valence-electron chi connectivity index (χ0n) is 11.8. The molecule has 2 nitrogen and oxygen atoms in total. The van der Waals surface area contributed by atoms with Crippen LogP contribution in [-0.4, -0.2) is 4.98 Å². The van der Waals surface area contributed by atoms with Crippen LogP contribution in [0.3, 0.4) is 0 Å². The summed E-state index contributed by atoms with van der Waals surface area (Å²) in [6, 6.07) is 11.2. The number of benzene rings is 2. The molecule has 1 heterocycles. The highest BCUT2D eigenvalue weighted by Gasteiger charge is 2.14. The minimum atomic E-state index is -0.212. The number of hydrogen-bond donors (Lipinski definition) is 1. The van der Waals surface area contributed by atoms with Gasteiger partial charge in [-0.2, -0.15) is 0 Å². The Kier molecular flexibility index (Phi) is 3.97. The molecule has 0 aliphatic carbocycles. The Morgan fingerprint density at radius 1 is 1.29 bits per heavy atom. The Balaban J connectivity index is 2.02. The smallest absolute Gasteiger partial charge is 0.155 e. The molecule has 21 heavy (non-hydrogen) atoms. The van der Waals surface area contributed by atoms with Gasteiger partial charge in [0.25, 0.3) is 0 Å². The van der Waals surface area contributed by atoms with Crippen LogP contribution in [0.5, 0.6) is 0 Å². The zero-order valence-corrected chi connectivity index (χ0v) is 13.4. The number of aryl methyl sites for hydroxylation is 1. The van der Waals surface area contributed by atoms with Crippen LogP contribution in [0, 0.1) is 12.7 Å². The highest BCUT2D eigenvalue weighted by atomic mass is 32.2. The monoisotopic (exact) mass is 318 g/mol. The van der Waals surface area contributed by atoms with Crippen molar-refractivity contribution in [1.29, 1.82) is 0 Å². The quantitative estimate of drug-likeness (QED) is 0.745. The van der Waals surface area contributed by atoms with E-state index in [1.54, 1.807) is 30.0 Å². The van der Waals surface area contributed by atoms with Gasteiger partial charge in [0, 0.05) is 10.9 Å². The summed E-state index contributed by atoms with van der Waals surface area (Å²) < 4.78 is 15.9. The first-order valence-electron chi connectivity index (χ1n) is 6.63. The maximum Gasteiger partial charge on any atom is 0.155 e. The molecule has 2 N–H and O–H groups in total. The van der Waals surface area contributed by atoms with Crippen LogP contribution >= 0.6 is 23.1 Å². The number of halogens is 1. The maximum absolute atomic E-state index is 13.7. The molecule has 0 aliphatic rings. The van der Waals surface area contributed by atoms with Crippen molar-refractivity contribution in [2.24, 2.45) is 5.73 Å².